The van der Waals surface area contributed by atoms with Crippen LogP contribution in [0.15, 0.2) is 49.2 Å². The lowest BCUT2D eigenvalue weighted by Crippen LogP contribution is -2.29. The average Bonchev–Trinajstić information content (AvgIpc) is 2.94. The van der Waals surface area contributed by atoms with Gasteiger partial charge in [0.2, 0.25) is 11.9 Å². The molecule has 204 valence electrons. The van der Waals surface area contributed by atoms with Gasteiger partial charge in [-0.05, 0) is 5.56 Å². The summed E-state index contributed by atoms with van der Waals surface area (Å²) in [5.74, 6) is -0.341. The van der Waals surface area contributed by atoms with Crippen molar-refractivity contribution in [1.29, 1.82) is 0 Å². The van der Waals surface area contributed by atoms with Gasteiger partial charge >= 0.3 is 0 Å². The molecule has 3 N–H and O–H groups in total. The van der Waals surface area contributed by atoms with Gasteiger partial charge in [-0.3, -0.25) is 14.6 Å². The van der Waals surface area contributed by atoms with Crippen LogP contribution in [0, 0.1) is 5.82 Å². The molecule has 13 heteroatoms. The predicted octanol–water partition coefficient (Wildman–Crippen LogP) is 2.81. The maximum atomic E-state index is 14.4. The monoisotopic (exact) mass is 551 g/mol. The Morgan fingerprint density at radius 3 is 2.46 bits per heavy atom. The molecule has 4 rings (SSSR count). The third-order valence-corrected chi connectivity index (χ3v) is 5.97. The second-order valence-corrected chi connectivity index (χ2v) is 8.81. The summed E-state index contributed by atoms with van der Waals surface area (Å²) in [6, 6.07) is 7.19. The van der Waals surface area contributed by atoms with Crippen LogP contribution in [0.2, 0.25) is 0 Å². The summed E-state index contributed by atoms with van der Waals surface area (Å²) in [4.78, 5) is 46.9. The number of amides is 2. The van der Waals surface area contributed by atoms with Crippen LogP contribution in [0.5, 0.6) is 0 Å². The van der Waals surface area contributed by atoms with E-state index in [4.69, 9.17) is 0 Å². The van der Waals surface area contributed by atoms with Crippen LogP contribution in [0.25, 0.3) is 22.2 Å². The Kier molecular flexibility index (Phi) is 9.66. The largest absolute Gasteiger partial charge is 0.369 e. The molecule has 0 bridgehead atoms. The Hall–Kier alpha value is -4.39. The summed E-state index contributed by atoms with van der Waals surface area (Å²) in [7, 11) is 4.82. The van der Waals surface area contributed by atoms with E-state index in [-0.39, 0.29) is 37.4 Å². The standard InChI is InChI=1S/C26H28FN9O2.H2S/c1-15(17-6-5-7-18-23(25(38)28-2)19(27)12-30-24(17)18)9-29-21-8-20(34-14-35-21)16-10-31-26(32-11-16)33-13-22(37)36(3)4;/h5-8,10-12,14-15H,9,13H2,1-4H3,(H,28,38)(H,29,34,35)(H,31,32,33);1H2/t15-;/m1./s1. The van der Waals surface area contributed by atoms with Gasteiger partial charge in [0.05, 0.1) is 29.5 Å². The number of pyridine rings is 1. The smallest absolute Gasteiger partial charge is 0.254 e. The third-order valence-electron chi connectivity index (χ3n) is 5.97. The molecule has 3 heterocycles. The second-order valence-electron chi connectivity index (χ2n) is 8.81. The first-order valence-electron chi connectivity index (χ1n) is 11.9. The van der Waals surface area contributed by atoms with Crippen molar-refractivity contribution >= 4 is 48.0 Å². The minimum atomic E-state index is -0.664. The number of benzene rings is 1. The van der Waals surface area contributed by atoms with E-state index in [9.17, 15) is 14.0 Å². The summed E-state index contributed by atoms with van der Waals surface area (Å²) in [6.07, 6.45) is 5.77. The highest BCUT2D eigenvalue weighted by atomic mass is 32.1. The van der Waals surface area contributed by atoms with E-state index in [1.54, 1.807) is 44.7 Å². The van der Waals surface area contributed by atoms with Gasteiger partial charge in [0, 0.05) is 63.0 Å². The number of carbonyl (C=O) groups excluding carboxylic acids is 2. The molecule has 0 saturated carbocycles. The zero-order valence-electron chi connectivity index (χ0n) is 22.0. The topological polar surface area (TPSA) is 138 Å². The first-order valence-corrected chi connectivity index (χ1v) is 11.9. The number of anilines is 2. The molecule has 0 unspecified atom stereocenters. The SMILES string of the molecule is CNC(=O)c1c(F)cnc2c([C@H](C)CNc3cc(-c4cnc(NCC(=O)N(C)C)nc4)ncn3)cccc12.S. The molecule has 1 atom stereocenters. The lowest BCUT2D eigenvalue weighted by molar-refractivity contribution is -0.126. The molecule has 4 aromatic rings. The van der Waals surface area contributed by atoms with Crippen molar-refractivity contribution in [3.8, 4) is 11.3 Å². The highest BCUT2D eigenvalue weighted by Gasteiger charge is 2.19. The number of hydrogen-bond donors (Lipinski definition) is 3. The third kappa shape index (κ3) is 6.74. The highest BCUT2D eigenvalue weighted by molar-refractivity contribution is 7.59. The minimum Gasteiger partial charge on any atom is -0.369 e. The Morgan fingerprint density at radius 1 is 1.03 bits per heavy atom. The number of carbonyl (C=O) groups is 2. The zero-order valence-corrected chi connectivity index (χ0v) is 23.0. The van der Waals surface area contributed by atoms with Crippen molar-refractivity contribution in [2.75, 3.05) is 44.9 Å². The molecule has 0 fully saturated rings. The van der Waals surface area contributed by atoms with Crippen LogP contribution in [0.3, 0.4) is 0 Å². The maximum Gasteiger partial charge on any atom is 0.254 e. The van der Waals surface area contributed by atoms with Crippen LogP contribution < -0.4 is 16.0 Å². The second kappa shape index (κ2) is 12.9. The first kappa shape index (κ1) is 29.2. The summed E-state index contributed by atoms with van der Waals surface area (Å²) in [5, 5.41) is 9.14. The van der Waals surface area contributed by atoms with Gasteiger partial charge in [0.25, 0.3) is 5.91 Å². The molecule has 0 spiro atoms. The zero-order chi connectivity index (χ0) is 27.2. The van der Waals surface area contributed by atoms with Crippen LogP contribution in [0.1, 0.15) is 28.8 Å². The van der Waals surface area contributed by atoms with E-state index >= 15 is 0 Å². The van der Waals surface area contributed by atoms with Gasteiger partial charge in [-0.15, -0.1) is 0 Å². The van der Waals surface area contributed by atoms with Crippen LogP contribution in [-0.4, -0.2) is 75.9 Å². The Balaban J connectivity index is 0.00000420. The lowest BCUT2D eigenvalue weighted by Gasteiger charge is -2.17. The number of halogens is 1. The number of nitrogens with one attached hydrogen (secondary N) is 3. The van der Waals surface area contributed by atoms with Crippen molar-refractivity contribution in [2.45, 2.75) is 12.8 Å². The van der Waals surface area contributed by atoms with Gasteiger partial charge < -0.3 is 20.9 Å². The molecule has 0 saturated heterocycles. The fourth-order valence-corrected chi connectivity index (χ4v) is 3.82. The maximum absolute atomic E-state index is 14.4. The molecule has 0 aliphatic rings. The number of hydrogen-bond acceptors (Lipinski definition) is 9. The fraction of sp³-hybridized carbons (Fsp3) is 0.269. The van der Waals surface area contributed by atoms with Crippen molar-refractivity contribution in [3.63, 3.8) is 0 Å². The molecule has 39 heavy (non-hydrogen) atoms. The van der Waals surface area contributed by atoms with Crippen LogP contribution in [0.4, 0.5) is 16.2 Å². The fourth-order valence-electron chi connectivity index (χ4n) is 3.82. The molecular formula is C26H30FN9O2S. The highest BCUT2D eigenvalue weighted by Crippen LogP contribution is 2.28. The van der Waals surface area contributed by atoms with Gasteiger partial charge in [-0.25, -0.2) is 24.3 Å². The number of rotatable bonds is 9. The van der Waals surface area contributed by atoms with E-state index in [0.29, 0.717) is 40.5 Å². The first-order chi connectivity index (χ1) is 18.3. The van der Waals surface area contributed by atoms with E-state index in [1.807, 2.05) is 13.0 Å². The number of para-hydroxylation sites is 1. The molecule has 0 aliphatic heterocycles. The Morgan fingerprint density at radius 2 is 1.77 bits per heavy atom. The average molecular weight is 552 g/mol. The molecule has 2 amide bonds. The molecule has 0 radical (unpaired) electrons. The predicted molar refractivity (Wildman–Crippen MR) is 153 cm³/mol. The summed E-state index contributed by atoms with van der Waals surface area (Å²) in [5.41, 5.74) is 2.74. The van der Waals surface area contributed by atoms with Crippen molar-refractivity contribution < 1.29 is 14.0 Å². The summed E-state index contributed by atoms with van der Waals surface area (Å²) in [6.45, 7) is 2.61. The molecule has 1 aromatic carbocycles. The molecule has 0 aliphatic carbocycles. The van der Waals surface area contributed by atoms with Gasteiger partial charge in [0.1, 0.15) is 12.1 Å². The van der Waals surface area contributed by atoms with Gasteiger partial charge in [-0.1, -0.05) is 25.1 Å². The van der Waals surface area contributed by atoms with Crippen LogP contribution in [-0.2, 0) is 4.79 Å². The Bertz CT molecular complexity index is 1470. The number of fused-ring (bicyclic) bond motifs is 1. The number of nitrogens with zero attached hydrogens (tertiary/aromatic N) is 6. The van der Waals surface area contributed by atoms with E-state index < -0.39 is 11.7 Å². The Labute approximate surface area is 232 Å². The lowest BCUT2D eigenvalue weighted by atomic mass is 9.96. The molecular weight excluding hydrogens is 521 g/mol. The summed E-state index contributed by atoms with van der Waals surface area (Å²) >= 11 is 0. The summed E-state index contributed by atoms with van der Waals surface area (Å²) < 4.78 is 14.4. The van der Waals surface area contributed by atoms with Gasteiger partial charge in [-0.2, -0.15) is 13.5 Å². The molecule has 3 aromatic heterocycles. The van der Waals surface area contributed by atoms with Crippen molar-refractivity contribution in [3.05, 3.63) is 66.1 Å². The van der Waals surface area contributed by atoms with Gasteiger partial charge in [0.15, 0.2) is 5.82 Å². The van der Waals surface area contributed by atoms with E-state index in [1.165, 1.54) is 18.3 Å². The van der Waals surface area contributed by atoms with Crippen molar-refractivity contribution in [2.24, 2.45) is 0 Å². The molecule has 11 nitrogen and oxygen atoms in total. The van der Waals surface area contributed by atoms with E-state index in [2.05, 4.69) is 40.9 Å². The minimum absolute atomic E-state index is 0. The quantitative estimate of drug-likeness (QED) is 0.287. The number of aromatic nitrogens is 5. The van der Waals surface area contributed by atoms with Crippen LogP contribution >= 0.6 is 13.5 Å². The van der Waals surface area contributed by atoms with E-state index in [0.717, 1.165) is 11.8 Å². The normalized spacial score (nSPS) is 11.3. The van der Waals surface area contributed by atoms with Crippen molar-refractivity contribution in [1.82, 2.24) is 35.1 Å². The number of likely N-dealkylation sites (N-methyl/N-ethyl adjacent to an activating group) is 1.